The summed E-state index contributed by atoms with van der Waals surface area (Å²) in [5.74, 6) is 0. The normalized spacial score (nSPS) is 11.7. The zero-order valence-electron chi connectivity index (χ0n) is 19.0. The fraction of sp³-hybridized carbons (Fsp3) is 0.0303. The van der Waals surface area contributed by atoms with E-state index in [-0.39, 0.29) is 0 Å². The molecule has 0 atom stereocenters. The second kappa shape index (κ2) is 7.33. The molecule has 7 aromatic rings. The minimum absolute atomic E-state index is 1.22. The van der Waals surface area contributed by atoms with Gasteiger partial charge in [0.2, 0.25) is 0 Å². The van der Waals surface area contributed by atoms with Crippen molar-refractivity contribution in [2.24, 2.45) is 0 Å². The van der Waals surface area contributed by atoms with Gasteiger partial charge in [0.1, 0.15) is 0 Å². The third kappa shape index (κ3) is 2.80. The molecule has 0 unspecified atom stereocenters. The SMILES string of the molecule is Cc1ccc2c(c1)c1cc(-c3cccc4ccccc34)ccc1n2-c1cccc2ccccc12. The number of hydrogen-bond acceptors (Lipinski definition) is 0. The quantitative estimate of drug-likeness (QED) is 0.256. The van der Waals surface area contributed by atoms with Gasteiger partial charge in [0.15, 0.2) is 0 Å². The first-order valence-electron chi connectivity index (χ1n) is 11.8. The molecule has 0 amide bonds. The van der Waals surface area contributed by atoms with Gasteiger partial charge in [-0.25, -0.2) is 0 Å². The van der Waals surface area contributed by atoms with Gasteiger partial charge in [0, 0.05) is 16.2 Å². The molecule has 0 N–H and O–H groups in total. The molecule has 6 aromatic carbocycles. The highest BCUT2D eigenvalue weighted by Gasteiger charge is 2.15. The Hall–Kier alpha value is -4.36. The van der Waals surface area contributed by atoms with E-state index in [1.54, 1.807) is 0 Å². The van der Waals surface area contributed by atoms with Gasteiger partial charge in [-0.3, -0.25) is 0 Å². The van der Waals surface area contributed by atoms with Gasteiger partial charge in [-0.05, 0) is 64.5 Å². The maximum absolute atomic E-state index is 2.43. The minimum Gasteiger partial charge on any atom is -0.309 e. The molecule has 1 aromatic heterocycles. The molecule has 0 aliphatic heterocycles. The summed E-state index contributed by atoms with van der Waals surface area (Å²) in [5.41, 5.74) is 7.51. The lowest BCUT2D eigenvalue weighted by atomic mass is 9.97. The number of hydrogen-bond donors (Lipinski definition) is 0. The first kappa shape index (κ1) is 19.1. The molecule has 1 nitrogen and oxygen atoms in total. The van der Waals surface area contributed by atoms with Gasteiger partial charge in [-0.2, -0.15) is 0 Å². The molecule has 0 saturated heterocycles. The standard InChI is InChI=1S/C33H23N/c1-22-16-18-32-29(20-22)30-21-25(27-14-6-10-23-8-2-4-12-26(23)27)17-19-33(30)34(32)31-15-7-11-24-9-3-5-13-28(24)31/h2-21H,1H3. The molecule has 34 heavy (non-hydrogen) atoms. The Bertz CT molecular complexity index is 1860. The van der Waals surface area contributed by atoms with Crippen molar-refractivity contribution in [3.05, 3.63) is 127 Å². The van der Waals surface area contributed by atoms with Crippen molar-refractivity contribution in [1.82, 2.24) is 4.57 Å². The fourth-order valence-electron chi connectivity index (χ4n) is 5.44. The molecule has 0 bridgehead atoms. The average molecular weight is 434 g/mol. The molecule has 0 aliphatic carbocycles. The number of fused-ring (bicyclic) bond motifs is 5. The van der Waals surface area contributed by atoms with Gasteiger partial charge < -0.3 is 4.57 Å². The van der Waals surface area contributed by atoms with Crippen LogP contribution in [-0.2, 0) is 0 Å². The van der Waals surface area contributed by atoms with Crippen LogP contribution in [0.2, 0.25) is 0 Å². The van der Waals surface area contributed by atoms with Crippen molar-refractivity contribution in [1.29, 1.82) is 0 Å². The lowest BCUT2D eigenvalue weighted by Crippen LogP contribution is -1.95. The predicted octanol–water partition coefficient (Wildman–Crippen LogP) is 9.07. The maximum atomic E-state index is 2.43. The smallest absolute Gasteiger partial charge is 0.0541 e. The largest absolute Gasteiger partial charge is 0.309 e. The van der Waals surface area contributed by atoms with Crippen molar-refractivity contribution in [2.45, 2.75) is 6.92 Å². The summed E-state index contributed by atoms with van der Waals surface area (Å²) in [6.07, 6.45) is 0. The highest BCUT2D eigenvalue weighted by Crippen LogP contribution is 2.38. The van der Waals surface area contributed by atoms with Crippen molar-refractivity contribution in [2.75, 3.05) is 0 Å². The molecule has 0 fully saturated rings. The molecule has 0 spiro atoms. The van der Waals surface area contributed by atoms with E-state index in [0.717, 1.165) is 0 Å². The maximum Gasteiger partial charge on any atom is 0.0541 e. The van der Waals surface area contributed by atoms with E-state index in [9.17, 15) is 0 Å². The lowest BCUT2D eigenvalue weighted by Gasteiger charge is -2.12. The molecule has 0 radical (unpaired) electrons. The summed E-state index contributed by atoms with van der Waals surface area (Å²) in [6, 6.07) is 44.2. The Balaban J connectivity index is 1.58. The molecule has 1 heterocycles. The van der Waals surface area contributed by atoms with Crippen molar-refractivity contribution in [3.63, 3.8) is 0 Å². The van der Waals surface area contributed by atoms with Crippen LogP contribution in [0.4, 0.5) is 0 Å². The van der Waals surface area contributed by atoms with Crippen molar-refractivity contribution in [3.8, 4) is 16.8 Å². The van der Waals surface area contributed by atoms with Crippen LogP contribution < -0.4 is 0 Å². The molecule has 0 saturated carbocycles. The van der Waals surface area contributed by atoms with Gasteiger partial charge in [-0.15, -0.1) is 0 Å². The molecule has 0 aliphatic rings. The van der Waals surface area contributed by atoms with Crippen LogP contribution in [0, 0.1) is 6.92 Å². The summed E-state index contributed by atoms with van der Waals surface area (Å²) in [6.45, 7) is 2.18. The van der Waals surface area contributed by atoms with Gasteiger partial charge in [-0.1, -0.05) is 96.6 Å². The fourth-order valence-corrected chi connectivity index (χ4v) is 5.44. The third-order valence-corrected chi connectivity index (χ3v) is 7.03. The monoisotopic (exact) mass is 433 g/mol. The van der Waals surface area contributed by atoms with E-state index in [2.05, 4.69) is 133 Å². The van der Waals surface area contributed by atoms with Crippen LogP contribution in [0.1, 0.15) is 5.56 Å². The van der Waals surface area contributed by atoms with Gasteiger partial charge >= 0.3 is 0 Å². The predicted molar refractivity (Wildman–Crippen MR) is 146 cm³/mol. The van der Waals surface area contributed by atoms with Crippen LogP contribution in [0.5, 0.6) is 0 Å². The van der Waals surface area contributed by atoms with Crippen molar-refractivity contribution < 1.29 is 0 Å². The Morgan fingerprint density at radius 2 is 1.09 bits per heavy atom. The van der Waals surface area contributed by atoms with Gasteiger partial charge in [0.25, 0.3) is 0 Å². The number of aryl methyl sites for hydroxylation is 1. The second-order valence-electron chi connectivity index (χ2n) is 9.11. The van der Waals surface area contributed by atoms with E-state index in [4.69, 9.17) is 0 Å². The van der Waals surface area contributed by atoms with Crippen LogP contribution in [-0.4, -0.2) is 4.57 Å². The van der Waals surface area contributed by atoms with Crippen LogP contribution >= 0.6 is 0 Å². The summed E-state index contributed by atoms with van der Waals surface area (Å²) in [7, 11) is 0. The summed E-state index contributed by atoms with van der Waals surface area (Å²) >= 11 is 0. The van der Waals surface area contributed by atoms with Gasteiger partial charge in [0.05, 0.1) is 16.7 Å². The second-order valence-corrected chi connectivity index (χ2v) is 9.11. The zero-order valence-corrected chi connectivity index (χ0v) is 19.0. The molecule has 160 valence electrons. The molecule has 1 heteroatoms. The van der Waals surface area contributed by atoms with E-state index < -0.39 is 0 Å². The van der Waals surface area contributed by atoms with Crippen LogP contribution in [0.25, 0.3) is 60.2 Å². The molecular formula is C33H23N. The highest BCUT2D eigenvalue weighted by atomic mass is 15.0. The van der Waals surface area contributed by atoms with Crippen LogP contribution in [0.15, 0.2) is 121 Å². The van der Waals surface area contributed by atoms with Crippen molar-refractivity contribution >= 4 is 43.4 Å². The topological polar surface area (TPSA) is 4.93 Å². The summed E-state index contributed by atoms with van der Waals surface area (Å²) in [4.78, 5) is 0. The summed E-state index contributed by atoms with van der Waals surface area (Å²) < 4.78 is 2.43. The Morgan fingerprint density at radius 3 is 1.91 bits per heavy atom. The third-order valence-electron chi connectivity index (χ3n) is 7.03. The van der Waals surface area contributed by atoms with E-state index in [1.807, 2.05) is 0 Å². The Labute approximate surface area is 198 Å². The minimum atomic E-state index is 1.22. The molecule has 7 rings (SSSR count). The number of rotatable bonds is 2. The number of nitrogens with zero attached hydrogens (tertiary/aromatic N) is 1. The highest BCUT2D eigenvalue weighted by molar-refractivity contribution is 6.12. The van der Waals surface area contributed by atoms with E-state index in [0.29, 0.717) is 0 Å². The first-order chi connectivity index (χ1) is 16.8. The Kier molecular flexibility index (Phi) is 4.13. The lowest BCUT2D eigenvalue weighted by molar-refractivity contribution is 1.20. The summed E-state index contributed by atoms with van der Waals surface area (Å²) in [5, 5.41) is 7.67. The number of aromatic nitrogens is 1. The number of benzene rings is 6. The molecular weight excluding hydrogens is 410 g/mol. The average Bonchev–Trinajstić information content (AvgIpc) is 3.20. The Morgan fingerprint density at radius 1 is 0.471 bits per heavy atom. The zero-order chi connectivity index (χ0) is 22.6. The van der Waals surface area contributed by atoms with E-state index in [1.165, 1.54) is 65.7 Å². The first-order valence-corrected chi connectivity index (χ1v) is 11.8. The van der Waals surface area contributed by atoms with E-state index >= 15 is 0 Å². The van der Waals surface area contributed by atoms with Crippen LogP contribution in [0.3, 0.4) is 0 Å².